The second-order valence-corrected chi connectivity index (χ2v) is 4.07. The molecule has 1 aromatic heterocycles. The molecule has 0 radical (unpaired) electrons. The number of nitrogens with zero attached hydrogens (tertiary/aromatic N) is 3. The van der Waals surface area contributed by atoms with Crippen molar-refractivity contribution in [3.8, 4) is 0 Å². The van der Waals surface area contributed by atoms with Gasteiger partial charge in [-0.3, -0.25) is 4.79 Å². The first-order chi connectivity index (χ1) is 8.49. The average molecular weight is 254 g/mol. The highest BCUT2D eigenvalue weighted by Crippen LogP contribution is 2.03. The van der Waals surface area contributed by atoms with Crippen molar-refractivity contribution < 1.29 is 14.7 Å². The highest BCUT2D eigenvalue weighted by atomic mass is 16.4. The summed E-state index contributed by atoms with van der Waals surface area (Å²) >= 11 is 0. The first kappa shape index (κ1) is 14.1. The lowest BCUT2D eigenvalue weighted by atomic mass is 10.2. The van der Waals surface area contributed by atoms with Gasteiger partial charge in [-0.25, -0.2) is 9.48 Å². The summed E-state index contributed by atoms with van der Waals surface area (Å²) in [7, 11) is 0. The second-order valence-electron chi connectivity index (χ2n) is 4.07. The molecule has 1 aromatic rings. The van der Waals surface area contributed by atoms with Gasteiger partial charge in [0.1, 0.15) is 6.54 Å². The Morgan fingerprint density at radius 3 is 2.44 bits per heavy atom. The number of aromatic carboxylic acids is 1. The topological polar surface area (TPSA) is 97.1 Å². The van der Waals surface area contributed by atoms with Crippen LogP contribution in [0.1, 0.15) is 42.9 Å². The molecule has 0 aliphatic rings. The molecule has 7 heteroatoms. The first-order valence-corrected chi connectivity index (χ1v) is 5.92. The third-order valence-electron chi connectivity index (χ3n) is 2.83. The van der Waals surface area contributed by atoms with Gasteiger partial charge in [-0.1, -0.05) is 19.1 Å². The van der Waals surface area contributed by atoms with Crippen LogP contribution in [0, 0.1) is 6.92 Å². The number of hydrogen-bond donors (Lipinski definition) is 2. The zero-order valence-corrected chi connectivity index (χ0v) is 10.8. The lowest BCUT2D eigenvalue weighted by Crippen LogP contribution is -2.36. The van der Waals surface area contributed by atoms with E-state index < -0.39 is 5.97 Å². The Labute approximate surface area is 105 Å². The number of rotatable bonds is 6. The highest BCUT2D eigenvalue weighted by molar-refractivity contribution is 5.86. The van der Waals surface area contributed by atoms with Crippen molar-refractivity contribution in [1.29, 1.82) is 0 Å². The average Bonchev–Trinajstić information content (AvgIpc) is 2.68. The molecule has 0 aliphatic heterocycles. The van der Waals surface area contributed by atoms with E-state index in [1.54, 1.807) is 6.92 Å². The fourth-order valence-electron chi connectivity index (χ4n) is 1.61. The fraction of sp³-hybridized carbons (Fsp3) is 0.636. The number of carboxylic acid groups (broad SMARTS) is 1. The van der Waals surface area contributed by atoms with E-state index in [-0.39, 0.29) is 24.2 Å². The molecule has 1 heterocycles. The second kappa shape index (κ2) is 6.13. The lowest BCUT2D eigenvalue weighted by Gasteiger charge is -2.14. The van der Waals surface area contributed by atoms with Crippen molar-refractivity contribution >= 4 is 11.9 Å². The van der Waals surface area contributed by atoms with Crippen LogP contribution in [0.4, 0.5) is 0 Å². The van der Waals surface area contributed by atoms with Gasteiger partial charge in [-0.15, -0.1) is 5.10 Å². The van der Waals surface area contributed by atoms with Crippen LogP contribution in [0.25, 0.3) is 0 Å². The Balaban J connectivity index is 2.68. The Kier molecular flexibility index (Phi) is 4.82. The largest absolute Gasteiger partial charge is 0.476 e. The summed E-state index contributed by atoms with van der Waals surface area (Å²) in [5.74, 6) is -1.33. The molecule has 0 atom stereocenters. The van der Waals surface area contributed by atoms with E-state index in [2.05, 4.69) is 15.6 Å². The smallest absolute Gasteiger partial charge is 0.358 e. The fourth-order valence-corrected chi connectivity index (χ4v) is 1.61. The molecule has 18 heavy (non-hydrogen) atoms. The summed E-state index contributed by atoms with van der Waals surface area (Å²) in [6, 6.07) is 0.139. The van der Waals surface area contributed by atoms with Crippen LogP contribution in [0.3, 0.4) is 0 Å². The van der Waals surface area contributed by atoms with E-state index in [1.165, 1.54) is 4.68 Å². The van der Waals surface area contributed by atoms with Gasteiger partial charge in [-0.05, 0) is 19.8 Å². The summed E-state index contributed by atoms with van der Waals surface area (Å²) < 4.78 is 1.29. The van der Waals surface area contributed by atoms with E-state index in [1.807, 2.05) is 13.8 Å². The molecule has 0 aliphatic carbocycles. The van der Waals surface area contributed by atoms with Crippen LogP contribution in [0.5, 0.6) is 0 Å². The van der Waals surface area contributed by atoms with E-state index in [9.17, 15) is 9.59 Å². The van der Waals surface area contributed by atoms with E-state index in [0.29, 0.717) is 5.69 Å². The summed E-state index contributed by atoms with van der Waals surface area (Å²) in [6.07, 6.45) is 1.72. The monoisotopic (exact) mass is 254 g/mol. The Morgan fingerprint density at radius 1 is 1.39 bits per heavy atom. The Hall–Kier alpha value is -1.92. The minimum Gasteiger partial charge on any atom is -0.476 e. The van der Waals surface area contributed by atoms with Crippen molar-refractivity contribution in [2.24, 2.45) is 0 Å². The maximum atomic E-state index is 11.7. The van der Waals surface area contributed by atoms with E-state index in [4.69, 9.17) is 5.11 Å². The maximum Gasteiger partial charge on any atom is 0.358 e. The molecule has 0 fully saturated rings. The van der Waals surface area contributed by atoms with Crippen molar-refractivity contribution in [3.05, 3.63) is 11.4 Å². The van der Waals surface area contributed by atoms with Gasteiger partial charge in [0.05, 0.1) is 5.69 Å². The van der Waals surface area contributed by atoms with Gasteiger partial charge < -0.3 is 10.4 Å². The minimum atomic E-state index is -1.14. The molecule has 1 rings (SSSR count). The maximum absolute atomic E-state index is 11.7. The summed E-state index contributed by atoms with van der Waals surface area (Å²) in [6.45, 7) is 5.56. The van der Waals surface area contributed by atoms with Crippen LogP contribution in [0.2, 0.25) is 0 Å². The van der Waals surface area contributed by atoms with Gasteiger partial charge in [-0.2, -0.15) is 0 Å². The first-order valence-electron chi connectivity index (χ1n) is 5.92. The third-order valence-corrected chi connectivity index (χ3v) is 2.83. The van der Waals surface area contributed by atoms with Crippen molar-refractivity contribution in [2.75, 3.05) is 0 Å². The van der Waals surface area contributed by atoms with Crippen LogP contribution in [0.15, 0.2) is 0 Å². The van der Waals surface area contributed by atoms with Gasteiger partial charge in [0, 0.05) is 6.04 Å². The molecule has 0 bridgehead atoms. The number of hydrogen-bond acceptors (Lipinski definition) is 4. The summed E-state index contributed by atoms with van der Waals surface area (Å²) in [4.78, 5) is 22.5. The predicted molar refractivity (Wildman–Crippen MR) is 64.2 cm³/mol. The molecule has 7 nitrogen and oxygen atoms in total. The van der Waals surface area contributed by atoms with Gasteiger partial charge >= 0.3 is 5.97 Å². The Bertz CT molecular complexity index is 437. The van der Waals surface area contributed by atoms with Crippen LogP contribution in [-0.2, 0) is 11.3 Å². The molecule has 0 unspecified atom stereocenters. The van der Waals surface area contributed by atoms with Gasteiger partial charge in [0.2, 0.25) is 5.91 Å². The SMILES string of the molecule is CCC(CC)NC(=O)Cn1nnc(C(=O)O)c1C. The number of carbonyl (C=O) groups is 2. The molecular weight excluding hydrogens is 236 g/mol. The number of amides is 1. The molecule has 0 spiro atoms. The van der Waals surface area contributed by atoms with Crippen molar-refractivity contribution in [3.63, 3.8) is 0 Å². The highest BCUT2D eigenvalue weighted by Gasteiger charge is 2.17. The van der Waals surface area contributed by atoms with E-state index in [0.717, 1.165) is 12.8 Å². The molecule has 0 saturated carbocycles. The molecule has 100 valence electrons. The lowest BCUT2D eigenvalue weighted by molar-refractivity contribution is -0.122. The number of aromatic nitrogens is 3. The summed E-state index contributed by atoms with van der Waals surface area (Å²) in [5.41, 5.74) is 0.257. The molecule has 2 N–H and O–H groups in total. The van der Waals surface area contributed by atoms with Crippen LogP contribution < -0.4 is 5.32 Å². The molecular formula is C11H18N4O3. The Morgan fingerprint density at radius 2 is 2.00 bits per heavy atom. The van der Waals surface area contributed by atoms with Crippen LogP contribution >= 0.6 is 0 Å². The van der Waals surface area contributed by atoms with Gasteiger partial charge in [0.15, 0.2) is 5.69 Å². The number of carbonyl (C=O) groups excluding carboxylic acids is 1. The van der Waals surface area contributed by atoms with Crippen molar-refractivity contribution in [2.45, 2.75) is 46.2 Å². The van der Waals surface area contributed by atoms with Gasteiger partial charge in [0.25, 0.3) is 0 Å². The summed E-state index contributed by atoms with van der Waals surface area (Å²) in [5, 5.41) is 18.9. The standard InChI is InChI=1S/C11H18N4O3/c1-4-8(5-2)12-9(16)6-15-7(3)10(11(17)18)13-14-15/h8H,4-6H2,1-3H3,(H,12,16)(H,17,18). The number of carboxylic acids is 1. The van der Waals surface area contributed by atoms with Crippen LogP contribution in [-0.4, -0.2) is 38.0 Å². The predicted octanol–water partition coefficient (Wildman–Crippen LogP) is 0.590. The van der Waals surface area contributed by atoms with E-state index >= 15 is 0 Å². The quantitative estimate of drug-likeness (QED) is 0.774. The molecule has 0 aromatic carbocycles. The zero-order chi connectivity index (χ0) is 13.7. The zero-order valence-electron chi connectivity index (χ0n) is 10.8. The molecule has 0 saturated heterocycles. The number of nitrogens with one attached hydrogen (secondary N) is 1. The molecule has 1 amide bonds. The van der Waals surface area contributed by atoms with Crippen molar-refractivity contribution in [1.82, 2.24) is 20.3 Å². The minimum absolute atomic E-state index is 0.0113. The third kappa shape index (κ3) is 3.28. The normalized spacial score (nSPS) is 10.7.